The van der Waals surface area contributed by atoms with Gasteiger partial charge < -0.3 is 10.1 Å². The predicted molar refractivity (Wildman–Crippen MR) is 86.0 cm³/mol. The molecule has 118 valence electrons. The van der Waals surface area contributed by atoms with Gasteiger partial charge in [0, 0.05) is 12.6 Å². The maximum atomic E-state index is 6.31. The molecule has 1 heterocycles. The molecule has 4 atom stereocenters. The van der Waals surface area contributed by atoms with Crippen molar-refractivity contribution in [2.45, 2.75) is 90.2 Å². The zero-order valence-corrected chi connectivity index (χ0v) is 13.9. The fraction of sp³-hybridized carbons (Fsp3) is 1.00. The maximum absolute atomic E-state index is 6.31. The summed E-state index contributed by atoms with van der Waals surface area (Å²) in [5.41, 5.74) is 0.0723. The molecular formula is C18H35NO. The van der Waals surface area contributed by atoms with E-state index in [4.69, 9.17) is 4.74 Å². The van der Waals surface area contributed by atoms with E-state index in [1.165, 1.54) is 57.8 Å². The van der Waals surface area contributed by atoms with Gasteiger partial charge in [0.25, 0.3) is 0 Å². The van der Waals surface area contributed by atoms with Gasteiger partial charge in [0.15, 0.2) is 0 Å². The van der Waals surface area contributed by atoms with Crippen molar-refractivity contribution in [1.82, 2.24) is 5.32 Å². The minimum absolute atomic E-state index is 0.0723. The summed E-state index contributed by atoms with van der Waals surface area (Å²) in [6.07, 6.45) is 12.1. The van der Waals surface area contributed by atoms with Crippen LogP contribution in [0.3, 0.4) is 0 Å². The van der Waals surface area contributed by atoms with Gasteiger partial charge in [0.1, 0.15) is 0 Å². The quantitative estimate of drug-likeness (QED) is 0.772. The third-order valence-electron chi connectivity index (χ3n) is 5.69. The van der Waals surface area contributed by atoms with Gasteiger partial charge in [-0.1, -0.05) is 39.5 Å². The van der Waals surface area contributed by atoms with E-state index in [1.807, 2.05) is 0 Å². The highest BCUT2D eigenvalue weighted by atomic mass is 16.5. The van der Waals surface area contributed by atoms with Gasteiger partial charge in [0.2, 0.25) is 0 Å². The second kappa shape index (κ2) is 7.79. The van der Waals surface area contributed by atoms with Gasteiger partial charge in [-0.3, -0.25) is 0 Å². The van der Waals surface area contributed by atoms with E-state index in [0.717, 1.165) is 25.0 Å². The molecule has 1 saturated heterocycles. The van der Waals surface area contributed by atoms with Crippen molar-refractivity contribution in [1.29, 1.82) is 0 Å². The van der Waals surface area contributed by atoms with Crippen LogP contribution in [0.4, 0.5) is 0 Å². The Bertz CT molecular complexity index is 273. The third kappa shape index (κ3) is 3.76. The van der Waals surface area contributed by atoms with Crippen LogP contribution in [-0.4, -0.2) is 24.8 Å². The molecule has 0 amide bonds. The van der Waals surface area contributed by atoms with Crippen LogP contribution in [0.1, 0.15) is 78.6 Å². The summed E-state index contributed by atoms with van der Waals surface area (Å²) in [7, 11) is 0. The Morgan fingerprint density at radius 1 is 1.15 bits per heavy atom. The van der Waals surface area contributed by atoms with E-state index in [9.17, 15) is 0 Å². The molecule has 0 spiro atoms. The van der Waals surface area contributed by atoms with Crippen molar-refractivity contribution in [3.8, 4) is 0 Å². The van der Waals surface area contributed by atoms with Crippen molar-refractivity contribution < 1.29 is 4.74 Å². The zero-order valence-electron chi connectivity index (χ0n) is 13.9. The Hall–Kier alpha value is -0.0800. The molecule has 1 saturated carbocycles. The summed E-state index contributed by atoms with van der Waals surface area (Å²) < 4.78 is 6.31. The minimum Gasteiger partial charge on any atom is -0.374 e. The molecule has 0 radical (unpaired) electrons. The molecule has 1 N–H and O–H groups in total. The summed E-state index contributed by atoms with van der Waals surface area (Å²) in [5.74, 6) is 1.73. The maximum Gasteiger partial charge on any atom is 0.0809 e. The molecule has 2 fully saturated rings. The minimum atomic E-state index is 0.0723. The number of rotatable bonds is 6. The largest absolute Gasteiger partial charge is 0.374 e. The van der Waals surface area contributed by atoms with E-state index in [-0.39, 0.29) is 5.60 Å². The SMILES string of the molecule is CCCNC(C1CCCCC1CC)C1(C)CCCCO1. The lowest BCUT2D eigenvalue weighted by Crippen LogP contribution is -2.57. The van der Waals surface area contributed by atoms with E-state index in [1.54, 1.807) is 0 Å². The fourth-order valence-electron chi connectivity index (χ4n) is 4.50. The van der Waals surface area contributed by atoms with Gasteiger partial charge in [-0.25, -0.2) is 0 Å². The number of ether oxygens (including phenoxy) is 1. The smallest absolute Gasteiger partial charge is 0.0809 e. The van der Waals surface area contributed by atoms with Crippen molar-refractivity contribution in [2.24, 2.45) is 11.8 Å². The van der Waals surface area contributed by atoms with E-state index < -0.39 is 0 Å². The monoisotopic (exact) mass is 281 g/mol. The summed E-state index contributed by atoms with van der Waals surface area (Å²) in [4.78, 5) is 0. The van der Waals surface area contributed by atoms with Crippen LogP contribution in [0.5, 0.6) is 0 Å². The predicted octanol–water partition coefficient (Wildman–Crippen LogP) is 4.53. The third-order valence-corrected chi connectivity index (χ3v) is 5.69. The second-order valence-corrected chi connectivity index (χ2v) is 7.17. The van der Waals surface area contributed by atoms with Crippen LogP contribution in [0.15, 0.2) is 0 Å². The molecule has 0 aromatic carbocycles. The van der Waals surface area contributed by atoms with Gasteiger partial charge >= 0.3 is 0 Å². The molecular weight excluding hydrogens is 246 g/mol. The molecule has 2 heteroatoms. The Balaban J connectivity index is 2.12. The lowest BCUT2D eigenvalue weighted by atomic mass is 9.68. The van der Waals surface area contributed by atoms with Crippen LogP contribution in [-0.2, 0) is 4.74 Å². The lowest BCUT2D eigenvalue weighted by Gasteiger charge is -2.48. The topological polar surface area (TPSA) is 21.3 Å². The van der Waals surface area contributed by atoms with Crippen molar-refractivity contribution in [3.05, 3.63) is 0 Å². The molecule has 0 aromatic rings. The molecule has 0 aromatic heterocycles. The highest BCUT2D eigenvalue weighted by molar-refractivity contribution is 4.98. The Morgan fingerprint density at radius 2 is 1.95 bits per heavy atom. The van der Waals surface area contributed by atoms with Gasteiger partial charge in [-0.05, 0) is 57.4 Å². The molecule has 2 nitrogen and oxygen atoms in total. The molecule has 2 aliphatic rings. The Kier molecular flexibility index (Phi) is 6.35. The Morgan fingerprint density at radius 3 is 2.60 bits per heavy atom. The first kappa shape index (κ1) is 16.3. The van der Waals surface area contributed by atoms with Crippen molar-refractivity contribution in [2.75, 3.05) is 13.2 Å². The van der Waals surface area contributed by atoms with E-state index in [2.05, 4.69) is 26.1 Å². The van der Waals surface area contributed by atoms with E-state index in [0.29, 0.717) is 6.04 Å². The lowest BCUT2D eigenvalue weighted by molar-refractivity contribution is -0.109. The normalized spacial score (nSPS) is 36.8. The fourth-order valence-corrected chi connectivity index (χ4v) is 4.50. The molecule has 1 aliphatic heterocycles. The number of hydrogen-bond acceptors (Lipinski definition) is 2. The zero-order chi connectivity index (χ0) is 14.4. The average Bonchev–Trinajstić information content (AvgIpc) is 2.48. The number of nitrogens with one attached hydrogen (secondary N) is 1. The standard InChI is InChI=1S/C18H35NO/c1-4-13-19-17(18(3)12-8-9-14-20-18)16-11-7-6-10-15(16)5-2/h15-17,19H,4-14H2,1-3H3. The second-order valence-electron chi connectivity index (χ2n) is 7.17. The average molecular weight is 281 g/mol. The molecule has 0 bridgehead atoms. The van der Waals surface area contributed by atoms with Crippen LogP contribution in [0.25, 0.3) is 0 Å². The van der Waals surface area contributed by atoms with Crippen LogP contribution in [0, 0.1) is 11.8 Å². The highest BCUT2D eigenvalue weighted by Crippen LogP contribution is 2.41. The summed E-state index contributed by atoms with van der Waals surface area (Å²) in [5, 5.41) is 3.89. The van der Waals surface area contributed by atoms with Crippen LogP contribution < -0.4 is 5.32 Å². The van der Waals surface area contributed by atoms with Gasteiger partial charge in [0.05, 0.1) is 5.60 Å². The van der Waals surface area contributed by atoms with Gasteiger partial charge in [-0.2, -0.15) is 0 Å². The van der Waals surface area contributed by atoms with Crippen LogP contribution >= 0.6 is 0 Å². The summed E-state index contributed by atoms with van der Waals surface area (Å²) in [6.45, 7) is 9.12. The first-order valence-corrected chi connectivity index (χ1v) is 9.08. The summed E-state index contributed by atoms with van der Waals surface area (Å²) >= 11 is 0. The Labute approximate surface area is 126 Å². The molecule has 2 rings (SSSR count). The molecule has 1 aliphatic carbocycles. The first-order chi connectivity index (χ1) is 9.71. The molecule has 4 unspecified atom stereocenters. The van der Waals surface area contributed by atoms with Gasteiger partial charge in [-0.15, -0.1) is 0 Å². The first-order valence-electron chi connectivity index (χ1n) is 9.08. The van der Waals surface area contributed by atoms with Crippen molar-refractivity contribution in [3.63, 3.8) is 0 Å². The van der Waals surface area contributed by atoms with E-state index >= 15 is 0 Å². The highest BCUT2D eigenvalue weighted by Gasteiger charge is 2.43. The molecule has 20 heavy (non-hydrogen) atoms. The van der Waals surface area contributed by atoms with Crippen molar-refractivity contribution >= 4 is 0 Å². The van der Waals surface area contributed by atoms with Crippen LogP contribution in [0.2, 0.25) is 0 Å². The number of hydrogen-bond donors (Lipinski definition) is 1. The summed E-state index contributed by atoms with van der Waals surface area (Å²) in [6, 6.07) is 0.563.